The molecule has 1 fully saturated rings. The first kappa shape index (κ1) is 8.50. The Morgan fingerprint density at radius 1 is 1.45 bits per heavy atom. The lowest BCUT2D eigenvalue weighted by Crippen LogP contribution is -2.31. The van der Waals surface area contributed by atoms with Crippen molar-refractivity contribution in [3.05, 3.63) is 10.1 Å². The van der Waals surface area contributed by atoms with Crippen LogP contribution in [-0.4, -0.2) is 11.0 Å². The third-order valence-electron chi connectivity index (χ3n) is 2.66. The quantitative estimate of drug-likeness (QED) is 0.455. The van der Waals surface area contributed by atoms with Crippen LogP contribution in [0.5, 0.6) is 0 Å². The Balaban J connectivity index is 2.51. The maximum Gasteiger partial charge on any atom is 0.215 e. The number of nitro groups is 1. The highest BCUT2D eigenvalue weighted by Gasteiger charge is 2.32. The summed E-state index contributed by atoms with van der Waals surface area (Å²) >= 11 is 0. The van der Waals surface area contributed by atoms with Crippen molar-refractivity contribution in [3.63, 3.8) is 0 Å². The monoisotopic (exact) mass is 157 g/mol. The lowest BCUT2D eigenvalue weighted by Gasteiger charge is -2.23. The lowest BCUT2D eigenvalue weighted by atomic mass is 9.83. The van der Waals surface area contributed by atoms with Crippen molar-refractivity contribution >= 4 is 0 Å². The largest absolute Gasteiger partial charge is 0.264 e. The van der Waals surface area contributed by atoms with Gasteiger partial charge in [-0.2, -0.15) is 0 Å². The molecule has 0 aromatic heterocycles. The van der Waals surface area contributed by atoms with Gasteiger partial charge in [-0.1, -0.05) is 13.3 Å². The topological polar surface area (TPSA) is 43.1 Å². The van der Waals surface area contributed by atoms with Crippen molar-refractivity contribution in [3.8, 4) is 0 Å². The van der Waals surface area contributed by atoms with E-state index < -0.39 is 0 Å². The zero-order valence-electron chi connectivity index (χ0n) is 6.95. The molecule has 0 amide bonds. The van der Waals surface area contributed by atoms with Gasteiger partial charge in [0.15, 0.2) is 0 Å². The van der Waals surface area contributed by atoms with E-state index in [-0.39, 0.29) is 11.0 Å². The zero-order valence-corrected chi connectivity index (χ0v) is 6.95. The van der Waals surface area contributed by atoms with E-state index in [1.165, 1.54) is 6.42 Å². The van der Waals surface area contributed by atoms with Crippen LogP contribution in [0.1, 0.15) is 39.0 Å². The summed E-state index contributed by atoms with van der Waals surface area (Å²) in [7, 11) is 0. The second kappa shape index (κ2) is 3.69. The molecule has 0 aliphatic heterocycles. The summed E-state index contributed by atoms with van der Waals surface area (Å²) in [4.78, 5) is 10.4. The Hall–Kier alpha value is -0.600. The van der Waals surface area contributed by atoms with E-state index in [9.17, 15) is 10.1 Å². The van der Waals surface area contributed by atoms with Gasteiger partial charge in [0.25, 0.3) is 0 Å². The fourth-order valence-corrected chi connectivity index (χ4v) is 1.94. The highest BCUT2D eigenvalue weighted by atomic mass is 16.6. The Morgan fingerprint density at radius 3 is 2.55 bits per heavy atom. The summed E-state index contributed by atoms with van der Waals surface area (Å²) in [6.45, 7) is 2.05. The molecule has 11 heavy (non-hydrogen) atoms. The van der Waals surface area contributed by atoms with Crippen molar-refractivity contribution in [2.24, 2.45) is 5.92 Å². The summed E-state index contributed by atoms with van der Waals surface area (Å²) in [6.07, 6.45) is 5.05. The van der Waals surface area contributed by atoms with E-state index in [2.05, 4.69) is 0 Å². The number of rotatable bonds is 2. The molecule has 0 heterocycles. The molecule has 0 radical (unpaired) electrons. The predicted octanol–water partition coefficient (Wildman–Crippen LogP) is 2.23. The number of hydrogen-bond acceptors (Lipinski definition) is 2. The molecule has 0 aromatic carbocycles. The van der Waals surface area contributed by atoms with Gasteiger partial charge in [-0.25, -0.2) is 0 Å². The van der Waals surface area contributed by atoms with E-state index in [4.69, 9.17) is 0 Å². The van der Waals surface area contributed by atoms with Gasteiger partial charge < -0.3 is 0 Å². The molecule has 0 bridgehead atoms. The van der Waals surface area contributed by atoms with Gasteiger partial charge in [0.1, 0.15) is 0 Å². The molecule has 2 atom stereocenters. The van der Waals surface area contributed by atoms with Crippen LogP contribution >= 0.6 is 0 Å². The minimum Gasteiger partial charge on any atom is -0.264 e. The molecule has 0 unspecified atom stereocenters. The minimum absolute atomic E-state index is 0.0900. The highest BCUT2D eigenvalue weighted by molar-refractivity contribution is 4.73. The third-order valence-corrected chi connectivity index (χ3v) is 2.66. The summed E-state index contributed by atoms with van der Waals surface area (Å²) in [5.74, 6) is 0.346. The van der Waals surface area contributed by atoms with Gasteiger partial charge in [-0.15, -0.1) is 0 Å². The standard InChI is InChI=1S/C8H15NO2/c1-2-7-5-3-4-6-8(7)9(10)11/h7-8H,2-6H2,1H3/t7-,8+/m0/s1. The molecular weight excluding hydrogens is 142 g/mol. The van der Waals surface area contributed by atoms with Crippen molar-refractivity contribution < 1.29 is 4.92 Å². The molecule has 0 aromatic rings. The van der Waals surface area contributed by atoms with Crippen LogP contribution in [-0.2, 0) is 0 Å². The first-order valence-electron chi connectivity index (χ1n) is 4.39. The first-order valence-corrected chi connectivity index (χ1v) is 4.39. The Morgan fingerprint density at radius 2 is 2.09 bits per heavy atom. The second-order valence-electron chi connectivity index (χ2n) is 3.31. The average Bonchev–Trinajstić information content (AvgIpc) is 2.04. The molecule has 1 saturated carbocycles. The van der Waals surface area contributed by atoms with Crippen LogP contribution in [0.15, 0.2) is 0 Å². The van der Waals surface area contributed by atoms with Crippen LogP contribution < -0.4 is 0 Å². The smallest absolute Gasteiger partial charge is 0.215 e. The van der Waals surface area contributed by atoms with Crippen LogP contribution in [0, 0.1) is 16.0 Å². The van der Waals surface area contributed by atoms with Crippen molar-refractivity contribution in [2.75, 3.05) is 0 Å². The van der Waals surface area contributed by atoms with E-state index in [0.717, 1.165) is 25.7 Å². The minimum atomic E-state index is -0.242. The lowest BCUT2D eigenvalue weighted by molar-refractivity contribution is -0.535. The molecule has 64 valence electrons. The van der Waals surface area contributed by atoms with Crippen molar-refractivity contribution in [2.45, 2.75) is 45.1 Å². The number of nitrogens with zero attached hydrogens (tertiary/aromatic N) is 1. The van der Waals surface area contributed by atoms with Gasteiger partial charge >= 0.3 is 0 Å². The van der Waals surface area contributed by atoms with Gasteiger partial charge in [-0.3, -0.25) is 10.1 Å². The normalized spacial score (nSPS) is 31.7. The fraction of sp³-hybridized carbons (Fsp3) is 1.00. The summed E-state index contributed by atoms with van der Waals surface area (Å²) in [5.41, 5.74) is 0. The Kier molecular flexibility index (Phi) is 2.85. The van der Waals surface area contributed by atoms with Crippen molar-refractivity contribution in [1.29, 1.82) is 0 Å². The van der Waals surface area contributed by atoms with Crippen LogP contribution in [0.2, 0.25) is 0 Å². The molecular formula is C8H15NO2. The van der Waals surface area contributed by atoms with Gasteiger partial charge in [0, 0.05) is 17.3 Å². The predicted molar refractivity (Wildman–Crippen MR) is 43.0 cm³/mol. The van der Waals surface area contributed by atoms with Crippen LogP contribution in [0.25, 0.3) is 0 Å². The van der Waals surface area contributed by atoms with Crippen LogP contribution in [0.4, 0.5) is 0 Å². The Labute approximate surface area is 66.9 Å². The molecule has 0 saturated heterocycles. The summed E-state index contributed by atoms with van der Waals surface area (Å²) in [5, 5.41) is 10.5. The molecule has 1 rings (SSSR count). The molecule has 1 aliphatic carbocycles. The number of hydrogen-bond donors (Lipinski definition) is 0. The summed E-state index contributed by atoms with van der Waals surface area (Å²) in [6, 6.07) is -0.242. The van der Waals surface area contributed by atoms with Crippen LogP contribution in [0.3, 0.4) is 0 Å². The fourth-order valence-electron chi connectivity index (χ4n) is 1.94. The summed E-state index contributed by atoms with van der Waals surface area (Å²) < 4.78 is 0. The third kappa shape index (κ3) is 1.91. The molecule has 0 N–H and O–H groups in total. The maximum atomic E-state index is 10.5. The van der Waals surface area contributed by atoms with Gasteiger partial charge in [0.2, 0.25) is 6.04 Å². The van der Waals surface area contributed by atoms with E-state index in [0.29, 0.717) is 5.92 Å². The van der Waals surface area contributed by atoms with E-state index >= 15 is 0 Å². The van der Waals surface area contributed by atoms with Crippen molar-refractivity contribution in [1.82, 2.24) is 0 Å². The molecule has 1 aliphatic rings. The second-order valence-corrected chi connectivity index (χ2v) is 3.31. The average molecular weight is 157 g/mol. The zero-order chi connectivity index (χ0) is 8.27. The Bertz CT molecular complexity index is 147. The molecule has 3 nitrogen and oxygen atoms in total. The first-order chi connectivity index (χ1) is 5.25. The van der Waals surface area contributed by atoms with E-state index in [1.54, 1.807) is 0 Å². The maximum absolute atomic E-state index is 10.5. The SMILES string of the molecule is CC[C@H]1CCCC[C@H]1[N+](=O)[O-]. The van der Waals surface area contributed by atoms with E-state index in [1.807, 2.05) is 6.92 Å². The molecule has 3 heteroatoms. The van der Waals surface area contributed by atoms with Gasteiger partial charge in [0.05, 0.1) is 0 Å². The van der Waals surface area contributed by atoms with Gasteiger partial charge in [-0.05, 0) is 19.3 Å². The highest BCUT2D eigenvalue weighted by Crippen LogP contribution is 2.28. The molecule has 0 spiro atoms.